The van der Waals surface area contributed by atoms with E-state index in [1.54, 1.807) is 31.2 Å². The molecule has 0 aliphatic carbocycles. The van der Waals surface area contributed by atoms with E-state index in [9.17, 15) is 22.4 Å². The molecule has 0 fully saturated rings. The fourth-order valence-corrected chi connectivity index (χ4v) is 4.27. The van der Waals surface area contributed by atoms with Crippen molar-refractivity contribution in [1.29, 1.82) is 0 Å². The van der Waals surface area contributed by atoms with Crippen LogP contribution in [0, 0.1) is 9.39 Å². The van der Waals surface area contributed by atoms with E-state index in [2.05, 4.69) is 27.9 Å². The Bertz CT molecular complexity index is 1080. The van der Waals surface area contributed by atoms with E-state index in [4.69, 9.17) is 0 Å². The van der Waals surface area contributed by atoms with Gasteiger partial charge in [0.15, 0.2) is 0 Å². The van der Waals surface area contributed by atoms with Crippen molar-refractivity contribution in [3.05, 3.63) is 63.5 Å². The van der Waals surface area contributed by atoms with Gasteiger partial charge in [0, 0.05) is 15.7 Å². The third-order valence-corrected chi connectivity index (χ3v) is 6.59. The van der Waals surface area contributed by atoms with E-state index >= 15 is 0 Å². The number of sulfonamides is 1. The molecule has 2 aromatic carbocycles. The first-order valence-electron chi connectivity index (χ1n) is 10.3. The Morgan fingerprint density at radius 3 is 2.09 bits per heavy atom. The highest BCUT2D eigenvalue weighted by molar-refractivity contribution is 14.1. The van der Waals surface area contributed by atoms with Gasteiger partial charge in [-0.2, -0.15) is 0 Å². The molecule has 2 amide bonds. The lowest BCUT2D eigenvalue weighted by atomic mass is 10.1. The zero-order chi connectivity index (χ0) is 25.0. The van der Waals surface area contributed by atoms with Gasteiger partial charge in [-0.25, -0.2) is 12.8 Å². The third-order valence-electron chi connectivity index (χ3n) is 4.73. The second kappa shape index (κ2) is 10.8. The Balaban J connectivity index is 2.38. The van der Waals surface area contributed by atoms with Crippen LogP contribution >= 0.6 is 22.6 Å². The van der Waals surface area contributed by atoms with Crippen LogP contribution in [0.15, 0.2) is 48.5 Å². The van der Waals surface area contributed by atoms with E-state index in [1.807, 2.05) is 20.8 Å². The number of rotatable bonds is 8. The Kier molecular flexibility index (Phi) is 8.86. The summed E-state index contributed by atoms with van der Waals surface area (Å²) in [4.78, 5) is 27.5. The number of hydrogen-bond donors (Lipinski definition) is 1. The Labute approximate surface area is 208 Å². The Hall–Kier alpha value is -2.21. The molecule has 2 aromatic rings. The quantitative estimate of drug-likeness (QED) is 0.478. The average molecular weight is 589 g/mol. The molecule has 10 heteroatoms. The summed E-state index contributed by atoms with van der Waals surface area (Å²) in [5.41, 5.74) is 0.441. The predicted molar refractivity (Wildman–Crippen MR) is 136 cm³/mol. The predicted octanol–water partition coefficient (Wildman–Crippen LogP) is 3.53. The minimum atomic E-state index is -3.78. The standard InChI is InChI=1S/C23H29FIN3O4S/c1-16(22(30)26-23(2,3)4)27(14-17-6-8-18(24)9-7-17)21(29)15-28(33(5,31)32)20-12-10-19(25)11-13-20/h6-13,16H,14-15H2,1-5H3,(H,26,30)/t16-/m0/s1. The number of hydrogen-bond acceptors (Lipinski definition) is 4. The fraction of sp³-hybridized carbons (Fsp3) is 0.391. The summed E-state index contributed by atoms with van der Waals surface area (Å²) in [7, 11) is -3.78. The fourth-order valence-electron chi connectivity index (χ4n) is 3.06. The number of anilines is 1. The van der Waals surface area contributed by atoms with Crippen LogP contribution in [0.1, 0.15) is 33.3 Å². The van der Waals surface area contributed by atoms with Crippen molar-refractivity contribution >= 4 is 50.1 Å². The van der Waals surface area contributed by atoms with Crippen LogP contribution < -0.4 is 9.62 Å². The van der Waals surface area contributed by atoms with Crippen molar-refractivity contribution in [3.63, 3.8) is 0 Å². The van der Waals surface area contributed by atoms with Gasteiger partial charge in [0.1, 0.15) is 18.4 Å². The lowest BCUT2D eigenvalue weighted by molar-refractivity contribution is -0.140. The van der Waals surface area contributed by atoms with Gasteiger partial charge in [0.05, 0.1) is 11.9 Å². The van der Waals surface area contributed by atoms with Crippen LogP contribution in [-0.4, -0.2) is 49.5 Å². The van der Waals surface area contributed by atoms with E-state index in [0.29, 0.717) is 11.3 Å². The number of carbonyl (C=O) groups is 2. The van der Waals surface area contributed by atoms with Crippen LogP contribution in [0.25, 0.3) is 0 Å². The Morgan fingerprint density at radius 1 is 1.06 bits per heavy atom. The lowest BCUT2D eigenvalue weighted by Crippen LogP contribution is -2.54. The molecule has 0 aromatic heterocycles. The molecule has 180 valence electrons. The van der Waals surface area contributed by atoms with Gasteiger partial charge in [0.25, 0.3) is 0 Å². The molecule has 0 aliphatic heterocycles. The van der Waals surface area contributed by atoms with E-state index in [0.717, 1.165) is 14.1 Å². The maximum absolute atomic E-state index is 13.4. The molecule has 1 N–H and O–H groups in total. The molecule has 7 nitrogen and oxygen atoms in total. The summed E-state index contributed by atoms with van der Waals surface area (Å²) in [5.74, 6) is -1.35. The number of halogens is 2. The first-order chi connectivity index (χ1) is 15.2. The third kappa shape index (κ3) is 8.26. The summed E-state index contributed by atoms with van der Waals surface area (Å²) in [6.07, 6.45) is 1.03. The summed E-state index contributed by atoms with van der Waals surface area (Å²) in [6.45, 7) is 6.60. The van der Waals surface area contributed by atoms with Crippen LogP contribution in [0.3, 0.4) is 0 Å². The molecule has 0 unspecified atom stereocenters. The van der Waals surface area contributed by atoms with Crippen molar-refractivity contribution in [2.75, 3.05) is 17.1 Å². The maximum Gasteiger partial charge on any atom is 0.244 e. The molecule has 0 radical (unpaired) electrons. The van der Waals surface area contributed by atoms with Gasteiger partial charge in [-0.3, -0.25) is 13.9 Å². The van der Waals surface area contributed by atoms with Crippen molar-refractivity contribution in [3.8, 4) is 0 Å². The lowest BCUT2D eigenvalue weighted by Gasteiger charge is -2.33. The van der Waals surface area contributed by atoms with Crippen LogP contribution in [0.4, 0.5) is 10.1 Å². The molecule has 0 spiro atoms. The van der Waals surface area contributed by atoms with Crippen molar-refractivity contribution in [1.82, 2.24) is 10.2 Å². The SMILES string of the molecule is C[C@@H](C(=O)NC(C)(C)C)N(Cc1ccc(F)cc1)C(=O)CN(c1ccc(I)cc1)S(C)(=O)=O. The second-order valence-corrected chi connectivity index (χ2v) is 12.0. The number of nitrogens with one attached hydrogen (secondary N) is 1. The molecule has 2 rings (SSSR count). The zero-order valence-electron chi connectivity index (χ0n) is 19.3. The molecule has 1 atom stereocenters. The van der Waals surface area contributed by atoms with Crippen LogP contribution in [0.2, 0.25) is 0 Å². The number of amides is 2. The van der Waals surface area contributed by atoms with Crippen molar-refractivity contribution < 1.29 is 22.4 Å². The first kappa shape index (κ1) is 27.0. The average Bonchev–Trinajstić information content (AvgIpc) is 2.69. The van der Waals surface area contributed by atoms with Gasteiger partial charge in [-0.1, -0.05) is 12.1 Å². The maximum atomic E-state index is 13.4. The van der Waals surface area contributed by atoms with Gasteiger partial charge in [0.2, 0.25) is 21.8 Å². The first-order valence-corrected chi connectivity index (χ1v) is 13.2. The number of carbonyl (C=O) groups excluding carboxylic acids is 2. The minimum Gasteiger partial charge on any atom is -0.350 e. The summed E-state index contributed by atoms with van der Waals surface area (Å²) in [6, 6.07) is 11.4. The number of benzene rings is 2. The highest BCUT2D eigenvalue weighted by atomic mass is 127. The van der Waals surface area contributed by atoms with E-state index < -0.39 is 39.9 Å². The van der Waals surface area contributed by atoms with E-state index in [1.165, 1.54) is 29.2 Å². The number of nitrogens with zero attached hydrogens (tertiary/aromatic N) is 2. The van der Waals surface area contributed by atoms with Gasteiger partial charge < -0.3 is 10.2 Å². The molecule has 0 saturated carbocycles. The second-order valence-electron chi connectivity index (χ2n) is 8.81. The summed E-state index contributed by atoms with van der Waals surface area (Å²) in [5, 5.41) is 2.85. The van der Waals surface area contributed by atoms with Gasteiger partial charge in [-0.05, 0) is 92.2 Å². The highest BCUT2D eigenvalue weighted by Gasteiger charge is 2.31. The Morgan fingerprint density at radius 2 is 1.61 bits per heavy atom. The van der Waals surface area contributed by atoms with Crippen LogP contribution in [-0.2, 0) is 26.2 Å². The molecular weight excluding hydrogens is 560 g/mol. The topological polar surface area (TPSA) is 86.8 Å². The summed E-state index contributed by atoms with van der Waals surface area (Å²) >= 11 is 2.10. The monoisotopic (exact) mass is 589 g/mol. The van der Waals surface area contributed by atoms with Crippen molar-refractivity contribution in [2.24, 2.45) is 0 Å². The van der Waals surface area contributed by atoms with Gasteiger partial charge >= 0.3 is 0 Å². The van der Waals surface area contributed by atoms with E-state index in [-0.39, 0.29) is 12.5 Å². The molecule has 0 bridgehead atoms. The van der Waals surface area contributed by atoms with Crippen LogP contribution in [0.5, 0.6) is 0 Å². The molecular formula is C23H29FIN3O4S. The summed E-state index contributed by atoms with van der Waals surface area (Å²) < 4.78 is 40.3. The molecule has 0 heterocycles. The normalized spacial score (nSPS) is 12.7. The van der Waals surface area contributed by atoms with Crippen molar-refractivity contribution in [2.45, 2.75) is 45.8 Å². The highest BCUT2D eigenvalue weighted by Crippen LogP contribution is 2.20. The minimum absolute atomic E-state index is 0.0160. The largest absolute Gasteiger partial charge is 0.350 e. The molecule has 0 saturated heterocycles. The molecule has 0 aliphatic rings. The van der Waals surface area contributed by atoms with Gasteiger partial charge in [-0.15, -0.1) is 0 Å². The smallest absolute Gasteiger partial charge is 0.244 e. The molecule has 33 heavy (non-hydrogen) atoms. The zero-order valence-corrected chi connectivity index (χ0v) is 22.3.